The number of hydrogen-bond acceptors (Lipinski definition) is 6. The Morgan fingerprint density at radius 2 is 1.57 bits per heavy atom. The number of carbonyl (C=O) groups excluding carboxylic acids is 2. The number of para-hydroxylation sites is 1. The standard InChI is InChI=1S/C26H31N5O4/c1-26(2,3)35-25(33)30-15-13-18(14-16-30)31-23(27)21(24(28)32)22(29-31)17-9-11-20(12-10-17)34-19-7-5-4-6-8-19/h4-12,18H,13-16,27H2,1-3H3,(H2,28,32). The first-order valence-corrected chi connectivity index (χ1v) is 11.6. The van der Waals surface area contributed by atoms with Gasteiger partial charge >= 0.3 is 6.09 Å². The maximum atomic E-state index is 12.4. The minimum atomic E-state index is -0.639. The minimum Gasteiger partial charge on any atom is -0.457 e. The van der Waals surface area contributed by atoms with Crippen LogP contribution in [-0.2, 0) is 4.74 Å². The second-order valence-electron chi connectivity index (χ2n) is 9.56. The van der Waals surface area contributed by atoms with E-state index in [1.807, 2.05) is 75.4 Å². The number of ether oxygens (including phenoxy) is 2. The molecule has 0 unspecified atom stereocenters. The van der Waals surface area contributed by atoms with Gasteiger partial charge in [-0.2, -0.15) is 5.10 Å². The van der Waals surface area contributed by atoms with Crippen LogP contribution >= 0.6 is 0 Å². The molecule has 4 rings (SSSR count). The van der Waals surface area contributed by atoms with Crippen LogP contribution in [0.3, 0.4) is 0 Å². The van der Waals surface area contributed by atoms with Crippen molar-refractivity contribution in [3.63, 3.8) is 0 Å². The SMILES string of the molecule is CC(C)(C)OC(=O)N1CCC(n2nc(-c3ccc(Oc4ccccc4)cc3)c(C(N)=O)c2N)CC1. The Balaban J connectivity index is 1.52. The normalized spacial score (nSPS) is 14.5. The Morgan fingerprint density at radius 1 is 0.971 bits per heavy atom. The molecule has 2 amide bonds. The smallest absolute Gasteiger partial charge is 0.410 e. The average molecular weight is 478 g/mol. The van der Waals surface area contributed by atoms with E-state index in [4.69, 9.17) is 20.9 Å². The third-order valence-corrected chi connectivity index (χ3v) is 5.76. The molecule has 1 aliphatic heterocycles. The average Bonchev–Trinajstić information content (AvgIpc) is 3.16. The predicted molar refractivity (Wildman–Crippen MR) is 133 cm³/mol. The van der Waals surface area contributed by atoms with E-state index in [-0.39, 0.29) is 23.5 Å². The fraction of sp³-hybridized carbons (Fsp3) is 0.346. The summed E-state index contributed by atoms with van der Waals surface area (Å²) in [5.74, 6) is 0.971. The highest BCUT2D eigenvalue weighted by atomic mass is 16.6. The van der Waals surface area contributed by atoms with Crippen LogP contribution in [0.4, 0.5) is 10.6 Å². The van der Waals surface area contributed by atoms with E-state index in [0.29, 0.717) is 42.9 Å². The summed E-state index contributed by atoms with van der Waals surface area (Å²) in [4.78, 5) is 26.4. The van der Waals surface area contributed by atoms with E-state index in [1.165, 1.54) is 0 Å². The van der Waals surface area contributed by atoms with Gasteiger partial charge in [0, 0.05) is 18.7 Å². The van der Waals surface area contributed by atoms with Crippen molar-refractivity contribution < 1.29 is 19.1 Å². The Kier molecular flexibility index (Phi) is 6.68. The van der Waals surface area contributed by atoms with Gasteiger partial charge in [-0.05, 0) is 70.0 Å². The molecule has 1 aromatic heterocycles. The van der Waals surface area contributed by atoms with Crippen molar-refractivity contribution in [2.24, 2.45) is 5.73 Å². The lowest BCUT2D eigenvalue weighted by Crippen LogP contribution is -2.42. The lowest BCUT2D eigenvalue weighted by molar-refractivity contribution is 0.0185. The molecule has 1 fully saturated rings. The number of amides is 2. The summed E-state index contributed by atoms with van der Waals surface area (Å²) in [5.41, 5.74) is 12.8. The molecule has 9 heteroatoms. The summed E-state index contributed by atoms with van der Waals surface area (Å²) < 4.78 is 13.0. The Morgan fingerprint density at radius 3 is 2.14 bits per heavy atom. The monoisotopic (exact) mass is 477 g/mol. The molecule has 2 heterocycles. The zero-order valence-corrected chi connectivity index (χ0v) is 20.2. The third-order valence-electron chi connectivity index (χ3n) is 5.76. The molecule has 9 nitrogen and oxygen atoms in total. The lowest BCUT2D eigenvalue weighted by Gasteiger charge is -2.33. The molecule has 0 saturated carbocycles. The van der Waals surface area contributed by atoms with Crippen LogP contribution < -0.4 is 16.2 Å². The molecule has 0 bridgehead atoms. The number of primary amides is 1. The summed E-state index contributed by atoms with van der Waals surface area (Å²) in [5, 5.41) is 4.68. The highest BCUT2D eigenvalue weighted by Gasteiger charge is 2.31. The molecule has 3 aromatic rings. The second kappa shape index (κ2) is 9.69. The zero-order valence-electron chi connectivity index (χ0n) is 20.2. The number of nitrogens with zero attached hydrogens (tertiary/aromatic N) is 3. The molecule has 0 radical (unpaired) electrons. The van der Waals surface area contributed by atoms with Crippen LogP contribution in [-0.4, -0.2) is 45.4 Å². The molecule has 0 aliphatic carbocycles. The molecule has 1 saturated heterocycles. The van der Waals surface area contributed by atoms with Crippen molar-refractivity contribution in [2.75, 3.05) is 18.8 Å². The molecule has 4 N–H and O–H groups in total. The van der Waals surface area contributed by atoms with Crippen LogP contribution in [0.2, 0.25) is 0 Å². The van der Waals surface area contributed by atoms with Crippen molar-refractivity contribution in [1.82, 2.24) is 14.7 Å². The Labute approximate surface area is 204 Å². The summed E-state index contributed by atoms with van der Waals surface area (Å²) in [6, 6.07) is 16.6. The molecule has 35 heavy (non-hydrogen) atoms. The number of benzene rings is 2. The highest BCUT2D eigenvalue weighted by molar-refractivity contribution is 6.03. The Hall–Kier alpha value is -4.01. The van der Waals surface area contributed by atoms with Crippen LogP contribution in [0.15, 0.2) is 54.6 Å². The topological polar surface area (TPSA) is 126 Å². The molecule has 0 atom stereocenters. The fourth-order valence-corrected chi connectivity index (χ4v) is 4.10. The minimum absolute atomic E-state index is 0.0683. The van der Waals surface area contributed by atoms with E-state index in [9.17, 15) is 9.59 Å². The van der Waals surface area contributed by atoms with Gasteiger partial charge in [0.15, 0.2) is 0 Å². The van der Waals surface area contributed by atoms with Crippen molar-refractivity contribution in [3.8, 4) is 22.8 Å². The van der Waals surface area contributed by atoms with Crippen molar-refractivity contribution >= 4 is 17.8 Å². The molecule has 184 valence electrons. The first kappa shape index (κ1) is 24.1. The van der Waals surface area contributed by atoms with Gasteiger partial charge in [0.2, 0.25) is 0 Å². The number of hydrogen-bond donors (Lipinski definition) is 2. The van der Waals surface area contributed by atoms with Crippen molar-refractivity contribution in [2.45, 2.75) is 45.3 Å². The number of nitrogens with two attached hydrogens (primary N) is 2. The maximum Gasteiger partial charge on any atom is 0.410 e. The van der Waals surface area contributed by atoms with Crippen molar-refractivity contribution in [1.29, 1.82) is 0 Å². The predicted octanol–water partition coefficient (Wildman–Crippen LogP) is 4.60. The van der Waals surface area contributed by atoms with Gasteiger partial charge in [-0.3, -0.25) is 4.79 Å². The quantitative estimate of drug-likeness (QED) is 0.553. The number of aromatic nitrogens is 2. The highest BCUT2D eigenvalue weighted by Crippen LogP contribution is 2.34. The van der Waals surface area contributed by atoms with Crippen LogP contribution in [0.1, 0.15) is 50.0 Å². The third kappa shape index (κ3) is 5.56. The van der Waals surface area contributed by atoms with Gasteiger partial charge in [-0.1, -0.05) is 18.2 Å². The first-order valence-electron chi connectivity index (χ1n) is 11.6. The summed E-state index contributed by atoms with van der Waals surface area (Å²) in [7, 11) is 0. The van der Waals surface area contributed by atoms with Gasteiger partial charge in [0.1, 0.15) is 34.2 Å². The largest absolute Gasteiger partial charge is 0.457 e. The second-order valence-corrected chi connectivity index (χ2v) is 9.56. The number of carbonyl (C=O) groups is 2. The first-order chi connectivity index (χ1) is 16.6. The molecular formula is C26H31N5O4. The van der Waals surface area contributed by atoms with E-state index >= 15 is 0 Å². The molecule has 1 aliphatic rings. The van der Waals surface area contributed by atoms with Crippen LogP contribution in [0.25, 0.3) is 11.3 Å². The Bertz CT molecular complexity index is 1190. The van der Waals surface area contributed by atoms with E-state index in [1.54, 1.807) is 9.58 Å². The number of nitrogen functional groups attached to an aromatic ring is 1. The van der Waals surface area contributed by atoms with E-state index in [2.05, 4.69) is 5.10 Å². The fourth-order valence-electron chi connectivity index (χ4n) is 4.10. The number of likely N-dealkylation sites (tertiary alicyclic amines) is 1. The lowest BCUT2D eigenvalue weighted by atomic mass is 10.1. The molecular weight excluding hydrogens is 446 g/mol. The van der Waals surface area contributed by atoms with Gasteiger partial charge < -0.3 is 25.8 Å². The van der Waals surface area contributed by atoms with Crippen LogP contribution in [0.5, 0.6) is 11.5 Å². The number of anilines is 1. The maximum absolute atomic E-state index is 12.4. The van der Waals surface area contributed by atoms with Gasteiger partial charge in [-0.25, -0.2) is 9.48 Å². The van der Waals surface area contributed by atoms with Gasteiger partial charge in [-0.15, -0.1) is 0 Å². The molecule has 0 spiro atoms. The van der Waals surface area contributed by atoms with Gasteiger partial charge in [0.25, 0.3) is 5.91 Å². The number of rotatable bonds is 5. The summed E-state index contributed by atoms with van der Waals surface area (Å²) in [6.07, 6.45) is 0.930. The number of piperidine rings is 1. The summed E-state index contributed by atoms with van der Waals surface area (Å²) in [6.45, 7) is 6.54. The zero-order chi connectivity index (χ0) is 25.2. The van der Waals surface area contributed by atoms with Crippen LogP contribution in [0, 0.1) is 0 Å². The van der Waals surface area contributed by atoms with Gasteiger partial charge in [0.05, 0.1) is 6.04 Å². The van der Waals surface area contributed by atoms with E-state index in [0.717, 1.165) is 5.75 Å². The summed E-state index contributed by atoms with van der Waals surface area (Å²) >= 11 is 0. The van der Waals surface area contributed by atoms with Crippen molar-refractivity contribution in [3.05, 3.63) is 60.2 Å². The van der Waals surface area contributed by atoms with E-state index < -0.39 is 11.5 Å². The molecule has 2 aromatic carbocycles.